The molecule has 0 fully saturated rings. The highest BCUT2D eigenvalue weighted by molar-refractivity contribution is 6.01. The second-order valence-corrected chi connectivity index (χ2v) is 5.07. The first-order chi connectivity index (χ1) is 7.07. The molecule has 1 atom stereocenters. The molecule has 1 aliphatic heterocycles. The van der Waals surface area contributed by atoms with Crippen molar-refractivity contribution in [3.63, 3.8) is 0 Å². The fraction of sp³-hybridized carbons (Fsp3) is 0.462. The fourth-order valence-corrected chi connectivity index (χ4v) is 1.64. The van der Waals surface area contributed by atoms with E-state index in [1.807, 2.05) is 18.2 Å². The van der Waals surface area contributed by atoms with Crippen LogP contribution in [0.25, 0.3) is 0 Å². The standard InChI is InChI=1S/C13H17NO/c1-13(2,3)12-9-11(14-15-12)10-7-5-4-6-8-10/h4-8,12H,9H2,1-3H3. The Labute approximate surface area is 90.9 Å². The molecule has 1 unspecified atom stereocenters. The molecule has 80 valence electrons. The summed E-state index contributed by atoms with van der Waals surface area (Å²) in [5.74, 6) is 0. The van der Waals surface area contributed by atoms with Crippen LogP contribution in [0.2, 0.25) is 0 Å². The van der Waals surface area contributed by atoms with E-state index in [2.05, 4.69) is 38.1 Å². The van der Waals surface area contributed by atoms with E-state index < -0.39 is 0 Å². The lowest BCUT2D eigenvalue weighted by atomic mass is 9.85. The van der Waals surface area contributed by atoms with Crippen molar-refractivity contribution >= 4 is 5.71 Å². The first kappa shape index (κ1) is 10.2. The van der Waals surface area contributed by atoms with Crippen LogP contribution < -0.4 is 0 Å². The quantitative estimate of drug-likeness (QED) is 0.686. The summed E-state index contributed by atoms with van der Waals surface area (Å²) in [5, 5.41) is 4.17. The highest BCUT2D eigenvalue weighted by Gasteiger charge is 2.32. The summed E-state index contributed by atoms with van der Waals surface area (Å²) < 4.78 is 0. The molecule has 0 saturated heterocycles. The zero-order chi connectivity index (χ0) is 10.9. The Morgan fingerprint density at radius 2 is 1.87 bits per heavy atom. The third-order valence-corrected chi connectivity index (χ3v) is 2.74. The Morgan fingerprint density at radius 3 is 2.40 bits per heavy atom. The minimum absolute atomic E-state index is 0.153. The van der Waals surface area contributed by atoms with Crippen LogP contribution in [0.5, 0.6) is 0 Å². The second kappa shape index (κ2) is 3.69. The van der Waals surface area contributed by atoms with E-state index >= 15 is 0 Å². The van der Waals surface area contributed by atoms with Gasteiger partial charge in [0.1, 0.15) is 6.10 Å². The van der Waals surface area contributed by atoms with Gasteiger partial charge in [-0.2, -0.15) is 0 Å². The number of benzene rings is 1. The summed E-state index contributed by atoms with van der Waals surface area (Å²) >= 11 is 0. The Bertz CT molecular complexity index is 362. The molecule has 0 bridgehead atoms. The SMILES string of the molecule is CC(C)(C)C1CC(c2ccccc2)=NO1. The molecular formula is C13H17NO. The van der Waals surface area contributed by atoms with Gasteiger partial charge in [0.25, 0.3) is 0 Å². The Kier molecular flexibility index (Phi) is 2.51. The minimum atomic E-state index is 0.153. The average molecular weight is 203 g/mol. The van der Waals surface area contributed by atoms with Crippen molar-refractivity contribution in [3.05, 3.63) is 35.9 Å². The van der Waals surface area contributed by atoms with Gasteiger partial charge in [0, 0.05) is 11.8 Å². The van der Waals surface area contributed by atoms with E-state index in [9.17, 15) is 0 Å². The lowest BCUT2D eigenvalue weighted by Gasteiger charge is -2.23. The molecule has 1 aliphatic rings. The summed E-state index contributed by atoms with van der Waals surface area (Å²) in [4.78, 5) is 5.47. The molecule has 0 amide bonds. The molecule has 0 radical (unpaired) electrons. The number of oxime groups is 1. The van der Waals surface area contributed by atoms with Gasteiger partial charge in [0.05, 0.1) is 5.71 Å². The Morgan fingerprint density at radius 1 is 1.20 bits per heavy atom. The molecule has 2 nitrogen and oxygen atoms in total. The maximum absolute atomic E-state index is 5.47. The summed E-state index contributed by atoms with van der Waals surface area (Å²) in [7, 11) is 0. The highest BCUT2D eigenvalue weighted by Crippen LogP contribution is 2.30. The maximum Gasteiger partial charge on any atom is 0.138 e. The molecule has 2 rings (SSSR count). The predicted octanol–water partition coefficient (Wildman–Crippen LogP) is 3.23. The van der Waals surface area contributed by atoms with Crippen molar-refractivity contribution in [3.8, 4) is 0 Å². The van der Waals surface area contributed by atoms with Gasteiger partial charge in [0.15, 0.2) is 0 Å². The van der Waals surface area contributed by atoms with Crippen LogP contribution in [0.3, 0.4) is 0 Å². The monoisotopic (exact) mass is 203 g/mol. The van der Waals surface area contributed by atoms with Gasteiger partial charge >= 0.3 is 0 Å². The highest BCUT2D eigenvalue weighted by atomic mass is 16.6. The molecule has 0 aliphatic carbocycles. The predicted molar refractivity (Wildman–Crippen MR) is 61.9 cm³/mol. The van der Waals surface area contributed by atoms with Gasteiger partial charge in [-0.25, -0.2) is 0 Å². The summed E-state index contributed by atoms with van der Waals surface area (Å²) in [6.45, 7) is 6.54. The van der Waals surface area contributed by atoms with E-state index in [-0.39, 0.29) is 11.5 Å². The lowest BCUT2D eigenvalue weighted by Crippen LogP contribution is -2.26. The molecule has 15 heavy (non-hydrogen) atoms. The smallest absolute Gasteiger partial charge is 0.138 e. The topological polar surface area (TPSA) is 21.6 Å². The second-order valence-electron chi connectivity index (χ2n) is 5.07. The largest absolute Gasteiger partial charge is 0.391 e. The van der Waals surface area contributed by atoms with Gasteiger partial charge in [-0.1, -0.05) is 56.3 Å². The van der Waals surface area contributed by atoms with Crippen molar-refractivity contribution in [2.45, 2.75) is 33.3 Å². The molecule has 1 aromatic rings. The third-order valence-electron chi connectivity index (χ3n) is 2.74. The number of hydrogen-bond donors (Lipinski definition) is 0. The van der Waals surface area contributed by atoms with Crippen LogP contribution in [-0.4, -0.2) is 11.8 Å². The normalized spacial score (nSPS) is 21.0. The fourth-order valence-electron chi connectivity index (χ4n) is 1.64. The van der Waals surface area contributed by atoms with Crippen molar-refractivity contribution in [1.29, 1.82) is 0 Å². The number of nitrogens with zero attached hydrogens (tertiary/aromatic N) is 1. The summed E-state index contributed by atoms with van der Waals surface area (Å²) in [5.41, 5.74) is 2.39. The van der Waals surface area contributed by atoms with Gasteiger partial charge < -0.3 is 4.84 Å². The number of hydrogen-bond acceptors (Lipinski definition) is 2. The van der Waals surface area contributed by atoms with Gasteiger partial charge in [0.2, 0.25) is 0 Å². The molecule has 0 N–H and O–H groups in total. The third kappa shape index (κ3) is 2.20. The van der Waals surface area contributed by atoms with Gasteiger partial charge in [-0.15, -0.1) is 0 Å². The Balaban J connectivity index is 2.11. The first-order valence-electron chi connectivity index (χ1n) is 5.35. The molecule has 2 heteroatoms. The van der Waals surface area contributed by atoms with E-state index in [0.717, 1.165) is 12.1 Å². The summed E-state index contributed by atoms with van der Waals surface area (Å²) in [6.07, 6.45) is 1.11. The molecular weight excluding hydrogens is 186 g/mol. The molecule has 0 spiro atoms. The average Bonchev–Trinajstić information content (AvgIpc) is 2.67. The van der Waals surface area contributed by atoms with E-state index in [1.54, 1.807) is 0 Å². The molecule has 0 saturated carbocycles. The molecule has 1 aromatic carbocycles. The van der Waals surface area contributed by atoms with Crippen LogP contribution in [0.4, 0.5) is 0 Å². The zero-order valence-electron chi connectivity index (χ0n) is 9.53. The van der Waals surface area contributed by atoms with Crippen molar-refractivity contribution in [1.82, 2.24) is 0 Å². The maximum atomic E-state index is 5.47. The number of rotatable bonds is 1. The lowest BCUT2D eigenvalue weighted by molar-refractivity contribution is 0.00831. The van der Waals surface area contributed by atoms with Crippen molar-refractivity contribution in [2.24, 2.45) is 10.6 Å². The van der Waals surface area contributed by atoms with Gasteiger partial charge in [-0.3, -0.25) is 0 Å². The zero-order valence-corrected chi connectivity index (χ0v) is 9.53. The van der Waals surface area contributed by atoms with Crippen LogP contribution in [-0.2, 0) is 4.84 Å². The summed E-state index contributed by atoms with van der Waals surface area (Å²) in [6, 6.07) is 10.2. The van der Waals surface area contributed by atoms with Crippen molar-refractivity contribution in [2.75, 3.05) is 0 Å². The van der Waals surface area contributed by atoms with Crippen LogP contribution >= 0.6 is 0 Å². The van der Waals surface area contributed by atoms with E-state index in [0.29, 0.717) is 0 Å². The van der Waals surface area contributed by atoms with Gasteiger partial charge in [-0.05, 0) is 5.56 Å². The van der Waals surface area contributed by atoms with Crippen LogP contribution in [0, 0.1) is 5.41 Å². The van der Waals surface area contributed by atoms with E-state index in [1.165, 1.54) is 5.56 Å². The minimum Gasteiger partial charge on any atom is -0.391 e. The van der Waals surface area contributed by atoms with E-state index in [4.69, 9.17) is 4.84 Å². The molecule has 1 heterocycles. The molecule has 0 aromatic heterocycles. The van der Waals surface area contributed by atoms with Crippen molar-refractivity contribution < 1.29 is 4.84 Å². The van der Waals surface area contributed by atoms with Crippen LogP contribution in [0.15, 0.2) is 35.5 Å². The first-order valence-corrected chi connectivity index (χ1v) is 5.35. The van der Waals surface area contributed by atoms with Crippen LogP contribution in [0.1, 0.15) is 32.8 Å². The Hall–Kier alpha value is -1.31.